The monoisotopic (exact) mass is 543 g/mol. The van der Waals surface area contributed by atoms with Crippen LogP contribution in [0.3, 0.4) is 0 Å². The second-order valence-corrected chi connectivity index (χ2v) is 8.81. The highest BCUT2D eigenvalue weighted by Gasteiger charge is 2.24. The van der Waals surface area contributed by atoms with Crippen LogP contribution >= 0.6 is 47.8 Å². The van der Waals surface area contributed by atoms with E-state index in [4.69, 9.17) is 4.42 Å². The normalized spacial score (nSPS) is 10.8. The summed E-state index contributed by atoms with van der Waals surface area (Å²) in [6.07, 6.45) is 1.76. The molecule has 3 aromatic carbocycles. The number of rotatable bonds is 3. The predicted molar refractivity (Wildman–Crippen MR) is 123 cm³/mol. The van der Waals surface area contributed by atoms with E-state index in [9.17, 15) is 0 Å². The molecule has 4 aromatic rings. The zero-order chi connectivity index (χ0) is 18.8. The van der Waals surface area contributed by atoms with E-state index in [-0.39, 0.29) is 0 Å². The van der Waals surface area contributed by atoms with Crippen molar-refractivity contribution in [3.05, 3.63) is 98.5 Å². The first kappa shape index (κ1) is 18.6. The smallest absolute Gasteiger partial charge is 0.215 e. The summed E-state index contributed by atoms with van der Waals surface area (Å²) >= 11 is 10.6. The Morgan fingerprint density at radius 2 is 0.926 bits per heavy atom. The zero-order valence-electron chi connectivity index (χ0n) is 14.1. The molecule has 4 rings (SSSR count). The van der Waals surface area contributed by atoms with Crippen molar-refractivity contribution in [2.45, 2.75) is 0 Å². The predicted octanol–water partition coefficient (Wildman–Crippen LogP) is 8.85. The van der Waals surface area contributed by atoms with Gasteiger partial charge in [-0.3, -0.25) is 0 Å². The second kappa shape index (κ2) is 8.09. The largest absolute Gasteiger partial charge is 0.368 e. The standard InChI is InChI=1S/C23H14Br3O/c24-18-7-1-15(2-8-18)21-13-14-27-23(17-5-11-20(26)12-6-17)22(21)16-3-9-19(25)10-4-16/h1-14H/q+1. The van der Waals surface area contributed by atoms with Crippen LogP contribution in [0.4, 0.5) is 0 Å². The fraction of sp³-hybridized carbons (Fsp3) is 0. The van der Waals surface area contributed by atoms with Gasteiger partial charge in [0.15, 0.2) is 0 Å². The molecule has 27 heavy (non-hydrogen) atoms. The van der Waals surface area contributed by atoms with Gasteiger partial charge >= 0.3 is 12.0 Å². The zero-order valence-corrected chi connectivity index (χ0v) is 18.9. The molecule has 0 aliphatic heterocycles. The Morgan fingerprint density at radius 3 is 1.44 bits per heavy atom. The minimum absolute atomic E-state index is 0.852. The summed E-state index contributed by atoms with van der Waals surface area (Å²) in [5.74, 6) is 0.852. The first-order valence-electron chi connectivity index (χ1n) is 8.34. The first-order valence-corrected chi connectivity index (χ1v) is 10.7. The molecule has 1 aromatic heterocycles. The highest BCUT2D eigenvalue weighted by atomic mass is 79.9. The Hall–Kier alpha value is -1.75. The van der Waals surface area contributed by atoms with E-state index in [0.29, 0.717) is 0 Å². The van der Waals surface area contributed by atoms with Gasteiger partial charge in [-0.05, 0) is 59.7 Å². The van der Waals surface area contributed by atoms with Gasteiger partial charge in [-0.1, -0.05) is 72.1 Å². The van der Waals surface area contributed by atoms with Gasteiger partial charge in [0.1, 0.15) is 0 Å². The van der Waals surface area contributed by atoms with Crippen molar-refractivity contribution in [2.24, 2.45) is 0 Å². The number of benzene rings is 3. The molecule has 0 spiro atoms. The van der Waals surface area contributed by atoms with Crippen molar-refractivity contribution >= 4 is 47.8 Å². The van der Waals surface area contributed by atoms with E-state index in [0.717, 1.165) is 47.0 Å². The summed E-state index contributed by atoms with van der Waals surface area (Å²) in [5.41, 5.74) is 5.50. The van der Waals surface area contributed by atoms with Gasteiger partial charge in [-0.15, -0.1) is 0 Å². The fourth-order valence-corrected chi connectivity index (χ4v) is 3.81. The molecule has 0 fully saturated rings. The lowest BCUT2D eigenvalue weighted by atomic mass is 9.92. The summed E-state index contributed by atoms with van der Waals surface area (Å²) < 4.78 is 9.17. The van der Waals surface area contributed by atoms with Crippen molar-refractivity contribution in [2.75, 3.05) is 0 Å². The lowest BCUT2D eigenvalue weighted by molar-refractivity contribution is 0.568. The van der Waals surface area contributed by atoms with Gasteiger partial charge < -0.3 is 0 Å². The van der Waals surface area contributed by atoms with Crippen LogP contribution < -0.4 is 0 Å². The van der Waals surface area contributed by atoms with Crippen LogP contribution in [0.2, 0.25) is 0 Å². The lowest BCUT2D eigenvalue weighted by Gasteiger charge is -2.09. The van der Waals surface area contributed by atoms with Gasteiger partial charge in [-0.25, -0.2) is 4.42 Å². The van der Waals surface area contributed by atoms with Crippen molar-refractivity contribution in [3.8, 4) is 33.6 Å². The average Bonchev–Trinajstić information content (AvgIpc) is 2.69. The minimum Gasteiger partial charge on any atom is -0.215 e. The third-order valence-electron chi connectivity index (χ3n) is 4.31. The number of hydrogen-bond acceptors (Lipinski definition) is 0. The van der Waals surface area contributed by atoms with Crippen LogP contribution in [0.25, 0.3) is 33.6 Å². The molecule has 0 unspecified atom stereocenters. The molecular formula is C23H14Br3O+. The quantitative estimate of drug-likeness (QED) is 0.234. The van der Waals surface area contributed by atoms with Crippen LogP contribution in [0, 0.1) is 0 Å². The lowest BCUT2D eigenvalue weighted by Crippen LogP contribution is -1.90. The molecule has 0 atom stereocenters. The molecule has 1 heterocycles. The number of halogens is 3. The van der Waals surface area contributed by atoms with Gasteiger partial charge in [0, 0.05) is 25.0 Å². The van der Waals surface area contributed by atoms with Gasteiger partial charge in [0.05, 0.1) is 11.1 Å². The molecule has 0 aliphatic carbocycles. The van der Waals surface area contributed by atoms with Crippen LogP contribution in [0.5, 0.6) is 0 Å². The first-order chi connectivity index (χ1) is 13.1. The van der Waals surface area contributed by atoms with Crippen molar-refractivity contribution < 1.29 is 4.42 Å². The van der Waals surface area contributed by atoms with Crippen molar-refractivity contribution in [1.82, 2.24) is 0 Å². The van der Waals surface area contributed by atoms with Gasteiger partial charge in [0.25, 0.3) is 0 Å². The summed E-state index contributed by atoms with van der Waals surface area (Å²) in [6, 6.07) is 26.9. The third kappa shape index (κ3) is 4.08. The Kier molecular flexibility index (Phi) is 5.58. The van der Waals surface area contributed by atoms with Crippen LogP contribution in [-0.4, -0.2) is 0 Å². The fourth-order valence-electron chi connectivity index (χ4n) is 3.02. The Labute approximate surface area is 183 Å². The number of hydrogen-bond donors (Lipinski definition) is 0. The Bertz CT molecular complexity index is 1010. The van der Waals surface area contributed by atoms with Crippen LogP contribution in [0.1, 0.15) is 0 Å². The SMILES string of the molecule is Brc1ccc(-c2cc[o+]c(-c3ccc(Br)cc3)c2-c2ccc(Br)cc2)cc1. The average molecular weight is 546 g/mol. The molecule has 0 N–H and O–H groups in total. The molecule has 0 saturated carbocycles. The van der Waals surface area contributed by atoms with E-state index in [2.05, 4.69) is 108 Å². The molecule has 0 amide bonds. The summed E-state index contributed by atoms with van der Waals surface area (Å²) in [5, 5.41) is 0. The molecule has 132 valence electrons. The molecule has 0 radical (unpaired) electrons. The van der Waals surface area contributed by atoms with E-state index in [1.807, 2.05) is 18.2 Å². The molecular weight excluding hydrogens is 532 g/mol. The molecule has 0 saturated heterocycles. The van der Waals surface area contributed by atoms with Gasteiger partial charge in [-0.2, -0.15) is 0 Å². The highest BCUT2D eigenvalue weighted by Crippen LogP contribution is 2.40. The molecule has 4 heteroatoms. The van der Waals surface area contributed by atoms with E-state index in [1.165, 1.54) is 0 Å². The topological polar surface area (TPSA) is 11.3 Å². The van der Waals surface area contributed by atoms with Crippen LogP contribution in [-0.2, 0) is 0 Å². The maximum atomic E-state index is 6.02. The van der Waals surface area contributed by atoms with E-state index in [1.54, 1.807) is 6.26 Å². The summed E-state index contributed by atoms with van der Waals surface area (Å²) in [4.78, 5) is 0. The molecule has 0 aliphatic rings. The second-order valence-electron chi connectivity index (χ2n) is 6.06. The van der Waals surface area contributed by atoms with E-state index < -0.39 is 0 Å². The van der Waals surface area contributed by atoms with E-state index >= 15 is 0 Å². The maximum Gasteiger partial charge on any atom is 0.368 e. The third-order valence-corrected chi connectivity index (χ3v) is 5.90. The Balaban J connectivity index is 1.99. The van der Waals surface area contributed by atoms with Gasteiger partial charge in [0.2, 0.25) is 0 Å². The van der Waals surface area contributed by atoms with Crippen molar-refractivity contribution in [1.29, 1.82) is 0 Å². The minimum atomic E-state index is 0.852. The highest BCUT2D eigenvalue weighted by molar-refractivity contribution is 9.11. The Morgan fingerprint density at radius 1 is 0.481 bits per heavy atom. The summed E-state index contributed by atoms with van der Waals surface area (Å²) in [6.45, 7) is 0. The maximum absolute atomic E-state index is 6.02. The summed E-state index contributed by atoms with van der Waals surface area (Å²) in [7, 11) is 0. The van der Waals surface area contributed by atoms with Crippen LogP contribution in [0.15, 0.2) is 103 Å². The molecule has 1 nitrogen and oxygen atoms in total. The molecule has 0 bridgehead atoms. The van der Waals surface area contributed by atoms with Crippen molar-refractivity contribution in [3.63, 3.8) is 0 Å².